The number of thiophene rings is 1. The van der Waals surface area contributed by atoms with E-state index < -0.39 is 0 Å². The van der Waals surface area contributed by atoms with E-state index in [1.165, 1.54) is 9.75 Å². The molecule has 21 heavy (non-hydrogen) atoms. The van der Waals surface area contributed by atoms with E-state index in [1.54, 1.807) is 0 Å². The van der Waals surface area contributed by atoms with E-state index in [4.69, 9.17) is 11.6 Å². The summed E-state index contributed by atoms with van der Waals surface area (Å²) in [5.41, 5.74) is 2.32. The highest BCUT2D eigenvalue weighted by Crippen LogP contribution is 2.34. The molecule has 0 unspecified atom stereocenters. The summed E-state index contributed by atoms with van der Waals surface area (Å²) < 4.78 is 0. The van der Waals surface area contributed by atoms with E-state index in [2.05, 4.69) is 44.3 Å². The first-order valence-corrected chi connectivity index (χ1v) is 8.27. The van der Waals surface area contributed by atoms with Crippen LogP contribution in [0.15, 0.2) is 30.3 Å². The minimum absolute atomic E-state index is 0.216. The molecule has 0 aliphatic carbocycles. The second-order valence-corrected chi connectivity index (χ2v) is 7.98. The van der Waals surface area contributed by atoms with Gasteiger partial charge in [-0.15, -0.1) is 11.3 Å². The van der Waals surface area contributed by atoms with Crippen LogP contribution in [0.5, 0.6) is 0 Å². The van der Waals surface area contributed by atoms with Crippen molar-refractivity contribution in [3.05, 3.63) is 45.1 Å². The lowest BCUT2D eigenvalue weighted by atomic mass is 9.95. The van der Waals surface area contributed by atoms with Crippen LogP contribution in [0.1, 0.15) is 30.5 Å². The predicted molar refractivity (Wildman–Crippen MR) is 96.1 cm³/mol. The fourth-order valence-electron chi connectivity index (χ4n) is 2.17. The third kappa shape index (κ3) is 3.92. The van der Waals surface area contributed by atoms with Gasteiger partial charge in [-0.3, -0.25) is 0 Å². The van der Waals surface area contributed by atoms with Crippen LogP contribution in [-0.2, 0) is 12.0 Å². The number of benzene rings is 1. The van der Waals surface area contributed by atoms with Crippen molar-refractivity contribution < 1.29 is 0 Å². The highest BCUT2D eigenvalue weighted by molar-refractivity contribution is 7.12. The molecule has 1 aromatic heterocycles. The summed E-state index contributed by atoms with van der Waals surface area (Å²) in [7, 11) is 4.02. The van der Waals surface area contributed by atoms with Crippen LogP contribution >= 0.6 is 22.9 Å². The first-order valence-electron chi connectivity index (χ1n) is 7.08. The molecule has 114 valence electrons. The largest absolute Gasteiger partial charge is 0.378 e. The SMILES string of the molecule is CN(C)c1c(Cl)cccc1NCc1ccc(C(C)(C)C)s1. The summed E-state index contributed by atoms with van der Waals surface area (Å²) in [5.74, 6) is 0. The van der Waals surface area contributed by atoms with Gasteiger partial charge in [0.2, 0.25) is 0 Å². The standard InChI is InChI=1S/C17H23ClN2S/c1-17(2,3)15-10-9-12(21-15)11-19-14-8-6-7-13(18)16(14)20(4)5/h6-10,19H,11H2,1-5H3. The highest BCUT2D eigenvalue weighted by Gasteiger charge is 2.16. The molecule has 1 aromatic carbocycles. The van der Waals surface area contributed by atoms with Gasteiger partial charge in [0, 0.05) is 30.4 Å². The Morgan fingerprint density at radius 3 is 2.43 bits per heavy atom. The second-order valence-electron chi connectivity index (χ2n) is 6.40. The molecule has 0 radical (unpaired) electrons. The summed E-state index contributed by atoms with van der Waals surface area (Å²) in [6.45, 7) is 7.56. The number of nitrogens with one attached hydrogen (secondary N) is 1. The topological polar surface area (TPSA) is 15.3 Å². The Bertz CT molecular complexity index is 611. The molecule has 2 rings (SSSR count). The predicted octanol–water partition coefficient (Wildman–Crippen LogP) is 5.38. The molecule has 0 aliphatic rings. The van der Waals surface area contributed by atoms with Gasteiger partial charge in [0.1, 0.15) is 0 Å². The van der Waals surface area contributed by atoms with Crippen LogP contribution < -0.4 is 10.2 Å². The Morgan fingerprint density at radius 2 is 1.86 bits per heavy atom. The molecular formula is C17H23ClN2S. The van der Waals surface area contributed by atoms with E-state index in [9.17, 15) is 0 Å². The number of halogens is 1. The smallest absolute Gasteiger partial charge is 0.0786 e. The van der Waals surface area contributed by atoms with E-state index in [0.717, 1.165) is 22.9 Å². The fourth-order valence-corrected chi connectivity index (χ4v) is 3.52. The van der Waals surface area contributed by atoms with Gasteiger partial charge in [0.15, 0.2) is 0 Å². The minimum atomic E-state index is 0.216. The maximum Gasteiger partial charge on any atom is 0.0786 e. The van der Waals surface area contributed by atoms with Crippen molar-refractivity contribution in [1.29, 1.82) is 0 Å². The Labute approximate surface area is 136 Å². The van der Waals surface area contributed by atoms with Crippen LogP contribution in [0.3, 0.4) is 0 Å². The molecule has 0 bridgehead atoms. The van der Waals surface area contributed by atoms with E-state index in [1.807, 2.05) is 42.5 Å². The van der Waals surface area contributed by atoms with Gasteiger partial charge in [0.25, 0.3) is 0 Å². The van der Waals surface area contributed by atoms with Crippen molar-refractivity contribution in [1.82, 2.24) is 0 Å². The Morgan fingerprint density at radius 1 is 1.14 bits per heavy atom. The number of anilines is 2. The first kappa shape index (κ1) is 16.2. The van der Waals surface area contributed by atoms with E-state index in [0.29, 0.717) is 0 Å². The molecule has 2 aromatic rings. The van der Waals surface area contributed by atoms with Crippen LogP contribution in [0, 0.1) is 0 Å². The summed E-state index contributed by atoms with van der Waals surface area (Å²) in [6.07, 6.45) is 0. The van der Waals surface area contributed by atoms with Crippen LogP contribution in [-0.4, -0.2) is 14.1 Å². The number of rotatable bonds is 4. The third-order valence-corrected chi connectivity index (χ3v) is 5.10. The average Bonchev–Trinajstić information content (AvgIpc) is 2.84. The molecule has 0 saturated carbocycles. The maximum absolute atomic E-state index is 6.29. The summed E-state index contributed by atoms with van der Waals surface area (Å²) in [4.78, 5) is 4.79. The second kappa shape index (κ2) is 6.29. The van der Waals surface area contributed by atoms with E-state index in [-0.39, 0.29) is 5.41 Å². The molecule has 4 heteroatoms. The van der Waals surface area contributed by atoms with Crippen molar-refractivity contribution >= 4 is 34.3 Å². The van der Waals surface area contributed by atoms with Crippen LogP contribution in [0.2, 0.25) is 5.02 Å². The minimum Gasteiger partial charge on any atom is -0.378 e. The molecule has 0 amide bonds. The zero-order chi connectivity index (χ0) is 15.6. The molecule has 0 aliphatic heterocycles. The number of nitrogens with zero attached hydrogens (tertiary/aromatic N) is 1. The third-order valence-electron chi connectivity index (χ3n) is 3.29. The van der Waals surface area contributed by atoms with Gasteiger partial charge in [-0.25, -0.2) is 0 Å². The van der Waals surface area contributed by atoms with E-state index >= 15 is 0 Å². The zero-order valence-corrected chi connectivity index (χ0v) is 14.9. The Balaban J connectivity index is 2.14. The lowest BCUT2D eigenvalue weighted by Crippen LogP contribution is -2.12. The lowest BCUT2D eigenvalue weighted by Gasteiger charge is -2.20. The Hall–Kier alpha value is -1.19. The average molecular weight is 323 g/mol. The van der Waals surface area contributed by atoms with Gasteiger partial charge < -0.3 is 10.2 Å². The van der Waals surface area contributed by atoms with Gasteiger partial charge in [-0.2, -0.15) is 0 Å². The fraction of sp³-hybridized carbons (Fsp3) is 0.412. The summed E-state index contributed by atoms with van der Waals surface area (Å²) in [5, 5.41) is 4.27. The molecule has 2 nitrogen and oxygen atoms in total. The van der Waals surface area contributed by atoms with Crippen molar-refractivity contribution in [3.63, 3.8) is 0 Å². The number of para-hydroxylation sites is 1. The molecule has 0 atom stereocenters. The first-order chi connectivity index (χ1) is 9.79. The molecular weight excluding hydrogens is 300 g/mol. The number of hydrogen-bond acceptors (Lipinski definition) is 3. The van der Waals surface area contributed by atoms with Crippen molar-refractivity contribution in [2.75, 3.05) is 24.3 Å². The highest BCUT2D eigenvalue weighted by atomic mass is 35.5. The maximum atomic E-state index is 6.29. The normalized spacial score (nSPS) is 11.5. The van der Waals surface area contributed by atoms with Gasteiger partial charge >= 0.3 is 0 Å². The van der Waals surface area contributed by atoms with Crippen molar-refractivity contribution in [3.8, 4) is 0 Å². The lowest BCUT2D eigenvalue weighted by molar-refractivity contribution is 0.604. The molecule has 1 heterocycles. The van der Waals surface area contributed by atoms with Crippen molar-refractivity contribution in [2.24, 2.45) is 0 Å². The number of hydrogen-bond donors (Lipinski definition) is 1. The molecule has 1 N–H and O–H groups in total. The monoisotopic (exact) mass is 322 g/mol. The van der Waals surface area contributed by atoms with Crippen molar-refractivity contribution in [2.45, 2.75) is 32.7 Å². The zero-order valence-electron chi connectivity index (χ0n) is 13.3. The molecule has 0 saturated heterocycles. The molecule has 0 fully saturated rings. The summed E-state index contributed by atoms with van der Waals surface area (Å²) in [6, 6.07) is 10.4. The van der Waals surface area contributed by atoms with Crippen LogP contribution in [0.4, 0.5) is 11.4 Å². The van der Waals surface area contributed by atoms with Gasteiger partial charge in [-0.1, -0.05) is 38.4 Å². The van der Waals surface area contributed by atoms with Gasteiger partial charge in [-0.05, 0) is 29.7 Å². The quantitative estimate of drug-likeness (QED) is 0.813. The Kier molecular flexibility index (Phi) is 4.84. The molecule has 0 spiro atoms. The summed E-state index contributed by atoms with van der Waals surface area (Å²) >= 11 is 8.16. The van der Waals surface area contributed by atoms with Gasteiger partial charge in [0.05, 0.1) is 16.4 Å². The van der Waals surface area contributed by atoms with Crippen LogP contribution in [0.25, 0.3) is 0 Å².